The van der Waals surface area contributed by atoms with Gasteiger partial charge in [0.2, 0.25) is 0 Å². The highest BCUT2D eigenvalue weighted by atomic mass is 31.2. The molecule has 1 atom stereocenters. The van der Waals surface area contributed by atoms with E-state index in [9.17, 15) is 19.3 Å². The summed E-state index contributed by atoms with van der Waals surface area (Å²) in [5.41, 5.74) is 0.0647. The van der Waals surface area contributed by atoms with Crippen LogP contribution in [0.2, 0.25) is 0 Å². The van der Waals surface area contributed by atoms with E-state index in [0.717, 1.165) is 5.56 Å². The Morgan fingerprint density at radius 1 is 1.11 bits per heavy atom. The molecule has 0 aliphatic rings. The summed E-state index contributed by atoms with van der Waals surface area (Å²) in [5.74, 6) is -1.86. The van der Waals surface area contributed by atoms with E-state index in [0.29, 0.717) is 5.30 Å². The number of hydrogen-bond donors (Lipinski definition) is 2. The van der Waals surface area contributed by atoms with E-state index in [4.69, 9.17) is 13.8 Å². The van der Waals surface area contributed by atoms with E-state index in [1.165, 1.54) is 0 Å². The highest BCUT2D eigenvalue weighted by Gasteiger charge is 2.27. The molecule has 0 fully saturated rings. The molecule has 0 aliphatic heterocycles. The van der Waals surface area contributed by atoms with Crippen molar-refractivity contribution in [1.82, 2.24) is 5.32 Å². The SMILES string of the molecule is CCOP(=O)(OCC)c1ccc(C[C@@H](CNC(=O)OC(C)(C)C)C(=O)O)cc1. The molecule has 0 radical (unpaired) electrons. The minimum atomic E-state index is -3.38. The second-order valence-electron chi connectivity index (χ2n) is 7.12. The maximum absolute atomic E-state index is 12.7. The van der Waals surface area contributed by atoms with Crippen molar-refractivity contribution in [1.29, 1.82) is 0 Å². The first-order valence-corrected chi connectivity index (χ1v) is 10.7. The van der Waals surface area contributed by atoms with Crippen LogP contribution in [0.3, 0.4) is 0 Å². The van der Waals surface area contributed by atoms with Gasteiger partial charge in [0, 0.05) is 6.54 Å². The van der Waals surface area contributed by atoms with Crippen LogP contribution in [-0.2, 0) is 29.6 Å². The van der Waals surface area contributed by atoms with Gasteiger partial charge in [-0.15, -0.1) is 0 Å². The second-order valence-corrected chi connectivity index (χ2v) is 9.15. The summed E-state index contributed by atoms with van der Waals surface area (Å²) >= 11 is 0. The number of alkyl carbamates (subject to hydrolysis) is 1. The van der Waals surface area contributed by atoms with Crippen molar-refractivity contribution >= 4 is 25.0 Å². The van der Waals surface area contributed by atoms with Crippen molar-refractivity contribution in [2.45, 2.75) is 46.6 Å². The lowest BCUT2D eigenvalue weighted by Crippen LogP contribution is -2.37. The van der Waals surface area contributed by atoms with Gasteiger partial charge in [0.05, 0.1) is 24.4 Å². The lowest BCUT2D eigenvalue weighted by molar-refractivity contribution is -0.141. The molecule has 0 heterocycles. The number of rotatable bonds is 10. The zero-order valence-electron chi connectivity index (χ0n) is 17.1. The summed E-state index contributed by atoms with van der Waals surface area (Å²) in [6.07, 6.45) is -0.470. The lowest BCUT2D eigenvalue weighted by Gasteiger charge is -2.21. The van der Waals surface area contributed by atoms with Gasteiger partial charge in [0.15, 0.2) is 0 Å². The van der Waals surface area contributed by atoms with Crippen molar-refractivity contribution in [3.8, 4) is 0 Å². The molecule has 9 heteroatoms. The van der Waals surface area contributed by atoms with Crippen LogP contribution in [-0.4, -0.2) is 42.5 Å². The highest BCUT2D eigenvalue weighted by molar-refractivity contribution is 7.62. The topological polar surface area (TPSA) is 111 Å². The van der Waals surface area contributed by atoms with Gasteiger partial charge < -0.3 is 24.2 Å². The Bertz CT molecular complexity index is 687. The maximum Gasteiger partial charge on any atom is 0.407 e. The van der Waals surface area contributed by atoms with Crippen molar-refractivity contribution < 1.29 is 33.0 Å². The number of nitrogens with one attached hydrogen (secondary N) is 1. The normalized spacial score (nSPS) is 13.0. The summed E-state index contributed by atoms with van der Waals surface area (Å²) in [4.78, 5) is 23.3. The third-order valence-electron chi connectivity index (χ3n) is 3.57. The molecular weight excluding hydrogens is 385 g/mol. The summed E-state index contributed by atoms with van der Waals surface area (Å²) in [6, 6.07) is 6.59. The van der Waals surface area contributed by atoms with E-state index >= 15 is 0 Å². The van der Waals surface area contributed by atoms with Crippen LogP contribution in [0.1, 0.15) is 40.2 Å². The molecule has 0 spiro atoms. The maximum atomic E-state index is 12.7. The number of carbonyl (C=O) groups is 2. The van der Waals surface area contributed by atoms with E-state index < -0.39 is 31.2 Å². The Balaban J connectivity index is 2.79. The van der Waals surface area contributed by atoms with Gasteiger partial charge in [-0.3, -0.25) is 9.36 Å². The number of hydrogen-bond acceptors (Lipinski definition) is 6. The fourth-order valence-electron chi connectivity index (χ4n) is 2.39. The summed E-state index contributed by atoms with van der Waals surface area (Å²) in [5, 5.41) is 12.3. The fourth-order valence-corrected chi connectivity index (χ4v) is 3.96. The van der Waals surface area contributed by atoms with Gasteiger partial charge >= 0.3 is 19.7 Å². The van der Waals surface area contributed by atoms with Gasteiger partial charge in [0.25, 0.3) is 0 Å². The Morgan fingerprint density at radius 2 is 1.64 bits per heavy atom. The van der Waals surface area contributed by atoms with Crippen LogP contribution < -0.4 is 10.6 Å². The lowest BCUT2D eigenvalue weighted by atomic mass is 9.99. The minimum Gasteiger partial charge on any atom is -0.481 e. The van der Waals surface area contributed by atoms with Crippen LogP contribution in [0.5, 0.6) is 0 Å². The predicted molar refractivity (Wildman–Crippen MR) is 106 cm³/mol. The number of amides is 1. The van der Waals surface area contributed by atoms with Gasteiger partial charge in [-0.05, 0) is 58.7 Å². The minimum absolute atomic E-state index is 0.0671. The first kappa shape index (κ1) is 24.1. The van der Waals surface area contributed by atoms with Gasteiger partial charge in [0.1, 0.15) is 5.60 Å². The highest BCUT2D eigenvalue weighted by Crippen LogP contribution is 2.46. The number of carbonyl (C=O) groups excluding carboxylic acids is 1. The Hall–Kier alpha value is -1.89. The van der Waals surface area contributed by atoms with E-state index in [1.54, 1.807) is 58.9 Å². The quantitative estimate of drug-likeness (QED) is 0.564. The third kappa shape index (κ3) is 8.00. The first-order valence-electron chi connectivity index (χ1n) is 9.19. The van der Waals surface area contributed by atoms with Crippen molar-refractivity contribution in [2.75, 3.05) is 19.8 Å². The smallest absolute Gasteiger partial charge is 0.407 e. The molecule has 0 unspecified atom stereocenters. The molecule has 0 aliphatic carbocycles. The molecule has 1 aromatic rings. The van der Waals surface area contributed by atoms with E-state index in [-0.39, 0.29) is 26.2 Å². The van der Waals surface area contributed by atoms with Crippen molar-refractivity contribution in [3.05, 3.63) is 29.8 Å². The van der Waals surface area contributed by atoms with Crippen LogP contribution in [0.25, 0.3) is 0 Å². The van der Waals surface area contributed by atoms with E-state index in [2.05, 4.69) is 5.32 Å². The molecule has 2 N–H and O–H groups in total. The zero-order chi connectivity index (χ0) is 21.4. The number of carboxylic acids is 1. The van der Waals surface area contributed by atoms with Crippen molar-refractivity contribution in [3.63, 3.8) is 0 Å². The average molecular weight is 415 g/mol. The second kappa shape index (κ2) is 10.6. The van der Waals surface area contributed by atoms with Crippen LogP contribution in [0, 0.1) is 5.92 Å². The molecule has 0 aromatic heterocycles. The number of ether oxygens (including phenoxy) is 1. The largest absolute Gasteiger partial charge is 0.481 e. The number of aliphatic carboxylic acids is 1. The monoisotopic (exact) mass is 415 g/mol. The molecule has 28 heavy (non-hydrogen) atoms. The first-order chi connectivity index (χ1) is 13.0. The van der Waals surface area contributed by atoms with Crippen LogP contribution in [0.4, 0.5) is 4.79 Å². The molecule has 1 amide bonds. The molecule has 158 valence electrons. The molecule has 0 saturated heterocycles. The Morgan fingerprint density at radius 3 is 2.07 bits per heavy atom. The molecule has 8 nitrogen and oxygen atoms in total. The fraction of sp³-hybridized carbons (Fsp3) is 0.579. The zero-order valence-corrected chi connectivity index (χ0v) is 18.0. The Kier molecular flexibility index (Phi) is 9.14. The summed E-state index contributed by atoms with van der Waals surface area (Å²) in [6.45, 7) is 9.07. The molecule has 1 aromatic carbocycles. The van der Waals surface area contributed by atoms with E-state index in [1.807, 2.05) is 0 Å². The molecule has 0 saturated carbocycles. The number of carboxylic acid groups (broad SMARTS) is 1. The van der Waals surface area contributed by atoms with Crippen LogP contribution >= 0.6 is 7.60 Å². The van der Waals surface area contributed by atoms with Crippen LogP contribution in [0.15, 0.2) is 24.3 Å². The third-order valence-corrected chi connectivity index (χ3v) is 5.70. The molecule has 1 rings (SSSR count). The van der Waals surface area contributed by atoms with Crippen molar-refractivity contribution in [2.24, 2.45) is 5.92 Å². The standard InChI is InChI=1S/C19H30NO7P/c1-6-25-28(24,26-7-2)16-10-8-14(9-11-16)12-15(17(21)22)13-20-18(23)27-19(3,4)5/h8-11,15H,6-7,12-13H2,1-5H3,(H,20,23)(H,21,22)/t15-/m0/s1. The predicted octanol–water partition coefficient (Wildman–Crippen LogP) is 3.35. The van der Waals surface area contributed by atoms with Gasteiger partial charge in [-0.1, -0.05) is 12.1 Å². The Labute approximate surface area is 166 Å². The number of benzene rings is 1. The molecular formula is C19H30NO7P. The van der Waals surface area contributed by atoms with Gasteiger partial charge in [-0.2, -0.15) is 0 Å². The van der Waals surface area contributed by atoms with Gasteiger partial charge in [-0.25, -0.2) is 4.79 Å². The average Bonchev–Trinajstić information content (AvgIpc) is 2.57. The molecule has 0 bridgehead atoms. The summed E-state index contributed by atoms with van der Waals surface area (Å²) < 4.78 is 28.5. The summed E-state index contributed by atoms with van der Waals surface area (Å²) in [7, 11) is -3.38.